The second-order valence-corrected chi connectivity index (χ2v) is 6.85. The molecule has 1 N–H and O–H groups in total. The monoisotopic (exact) mass is 354 g/mol. The first-order valence-corrected chi connectivity index (χ1v) is 8.90. The summed E-state index contributed by atoms with van der Waals surface area (Å²) in [6, 6.07) is 19.6. The first-order valence-electron chi connectivity index (χ1n) is 7.54. The second kappa shape index (κ2) is 7.57. The molecular weight excluding hydrogens is 340 g/mol. The smallest absolute Gasteiger partial charge is 0.225 e. The maximum absolute atomic E-state index is 12.1. The van der Waals surface area contributed by atoms with E-state index in [1.54, 1.807) is 6.07 Å². The van der Waals surface area contributed by atoms with E-state index in [4.69, 9.17) is 11.6 Å². The van der Waals surface area contributed by atoms with Gasteiger partial charge in [-0.1, -0.05) is 60.1 Å². The highest BCUT2D eigenvalue weighted by molar-refractivity contribution is 8.02. The lowest BCUT2D eigenvalue weighted by atomic mass is 9.87. The average molecular weight is 355 g/mol. The van der Waals surface area contributed by atoms with Crippen molar-refractivity contribution in [3.8, 4) is 6.07 Å². The topological polar surface area (TPSA) is 52.9 Å². The maximum Gasteiger partial charge on any atom is 0.225 e. The minimum Gasteiger partial charge on any atom is -0.320 e. The molecule has 0 radical (unpaired) electrons. The SMILES string of the molecule is N#CC1=C(SCc2ccccc2)NC(=O)CC1c1ccccc1Cl. The Hall–Kier alpha value is -2.22. The number of amides is 1. The molecule has 0 bridgehead atoms. The molecule has 3 nitrogen and oxygen atoms in total. The fourth-order valence-electron chi connectivity index (χ4n) is 2.69. The van der Waals surface area contributed by atoms with Crippen LogP contribution in [0.4, 0.5) is 0 Å². The normalized spacial score (nSPS) is 17.3. The summed E-state index contributed by atoms with van der Waals surface area (Å²) in [5, 5.41) is 13.7. The fourth-order valence-corrected chi connectivity index (χ4v) is 3.99. The number of benzene rings is 2. The largest absolute Gasteiger partial charge is 0.320 e. The molecule has 0 fully saturated rings. The van der Waals surface area contributed by atoms with Crippen LogP contribution in [0.15, 0.2) is 65.2 Å². The molecule has 1 heterocycles. The Morgan fingerprint density at radius 3 is 2.58 bits per heavy atom. The van der Waals surface area contributed by atoms with Gasteiger partial charge in [-0.25, -0.2) is 0 Å². The summed E-state index contributed by atoms with van der Waals surface area (Å²) in [7, 11) is 0. The molecule has 3 rings (SSSR count). The van der Waals surface area contributed by atoms with Crippen LogP contribution in [0.25, 0.3) is 0 Å². The standard InChI is InChI=1S/C19H15ClN2OS/c20-17-9-5-4-8-14(17)15-10-18(23)22-19(16(15)11-21)24-12-13-6-2-1-3-7-13/h1-9,15H,10,12H2,(H,22,23). The van der Waals surface area contributed by atoms with Gasteiger partial charge in [0, 0.05) is 23.1 Å². The first kappa shape index (κ1) is 16.6. The number of carbonyl (C=O) groups excluding carboxylic acids is 1. The van der Waals surface area contributed by atoms with Gasteiger partial charge in [-0.15, -0.1) is 11.8 Å². The predicted octanol–water partition coefficient (Wildman–Crippen LogP) is 4.61. The summed E-state index contributed by atoms with van der Waals surface area (Å²) < 4.78 is 0. The molecule has 0 saturated carbocycles. The highest BCUT2D eigenvalue weighted by Crippen LogP contribution is 2.39. The van der Waals surface area contributed by atoms with Crippen molar-refractivity contribution in [1.82, 2.24) is 5.32 Å². The van der Waals surface area contributed by atoms with E-state index in [-0.39, 0.29) is 18.2 Å². The Kier molecular flexibility index (Phi) is 5.24. The summed E-state index contributed by atoms with van der Waals surface area (Å²) in [4.78, 5) is 12.1. The molecule has 24 heavy (non-hydrogen) atoms. The molecule has 5 heteroatoms. The van der Waals surface area contributed by atoms with E-state index in [0.29, 0.717) is 21.4 Å². The molecule has 0 spiro atoms. The Morgan fingerprint density at radius 2 is 1.88 bits per heavy atom. The minimum absolute atomic E-state index is 0.0884. The number of carbonyl (C=O) groups is 1. The van der Waals surface area contributed by atoms with E-state index in [1.165, 1.54) is 11.8 Å². The summed E-state index contributed by atoms with van der Waals surface area (Å²) in [6.07, 6.45) is 0.238. The molecule has 0 aliphatic carbocycles. The molecule has 120 valence electrons. The van der Waals surface area contributed by atoms with Crippen LogP contribution in [-0.2, 0) is 10.5 Å². The van der Waals surface area contributed by atoms with Crippen LogP contribution in [0.5, 0.6) is 0 Å². The Labute approximate surface area is 150 Å². The minimum atomic E-state index is -0.296. The van der Waals surface area contributed by atoms with Crippen LogP contribution in [0.3, 0.4) is 0 Å². The molecule has 2 aromatic carbocycles. The number of rotatable bonds is 4. The number of allylic oxidation sites excluding steroid dienone is 1. The van der Waals surface area contributed by atoms with Crippen molar-refractivity contribution in [2.45, 2.75) is 18.1 Å². The van der Waals surface area contributed by atoms with Crippen molar-refractivity contribution in [3.63, 3.8) is 0 Å². The van der Waals surface area contributed by atoms with Gasteiger partial charge in [-0.3, -0.25) is 4.79 Å². The Bertz CT molecular complexity index is 827. The van der Waals surface area contributed by atoms with Crippen molar-refractivity contribution in [1.29, 1.82) is 5.26 Å². The Balaban J connectivity index is 1.91. The summed E-state index contributed by atoms with van der Waals surface area (Å²) in [5.41, 5.74) is 2.54. The number of hydrogen-bond donors (Lipinski definition) is 1. The van der Waals surface area contributed by atoms with Crippen LogP contribution in [-0.4, -0.2) is 5.91 Å². The van der Waals surface area contributed by atoms with Crippen molar-refractivity contribution in [2.75, 3.05) is 0 Å². The van der Waals surface area contributed by atoms with E-state index in [9.17, 15) is 10.1 Å². The van der Waals surface area contributed by atoms with E-state index < -0.39 is 0 Å². The van der Waals surface area contributed by atoms with Gasteiger partial charge in [0.1, 0.15) is 0 Å². The van der Waals surface area contributed by atoms with E-state index in [0.717, 1.165) is 11.1 Å². The lowest BCUT2D eigenvalue weighted by Gasteiger charge is -2.25. The van der Waals surface area contributed by atoms with Gasteiger partial charge in [0.15, 0.2) is 0 Å². The van der Waals surface area contributed by atoms with Crippen molar-refractivity contribution < 1.29 is 4.79 Å². The molecule has 1 aliphatic heterocycles. The van der Waals surface area contributed by atoms with Crippen LogP contribution in [0.1, 0.15) is 23.5 Å². The highest BCUT2D eigenvalue weighted by Gasteiger charge is 2.30. The van der Waals surface area contributed by atoms with Crippen LogP contribution in [0, 0.1) is 11.3 Å². The average Bonchev–Trinajstić information content (AvgIpc) is 2.61. The molecule has 0 aromatic heterocycles. The van der Waals surface area contributed by atoms with Crippen molar-refractivity contribution in [2.24, 2.45) is 0 Å². The number of thioether (sulfide) groups is 1. The number of nitriles is 1. The Morgan fingerprint density at radius 1 is 1.17 bits per heavy atom. The zero-order valence-corrected chi connectivity index (χ0v) is 14.4. The van der Waals surface area contributed by atoms with Crippen LogP contribution >= 0.6 is 23.4 Å². The van der Waals surface area contributed by atoms with E-state index in [1.807, 2.05) is 48.5 Å². The van der Waals surface area contributed by atoms with Gasteiger partial charge in [-0.2, -0.15) is 5.26 Å². The van der Waals surface area contributed by atoms with Crippen LogP contribution in [0.2, 0.25) is 5.02 Å². The number of nitrogens with one attached hydrogen (secondary N) is 1. The van der Waals surface area contributed by atoms with Gasteiger partial charge in [0.2, 0.25) is 5.91 Å². The third-order valence-electron chi connectivity index (χ3n) is 3.86. The lowest BCUT2D eigenvalue weighted by molar-refractivity contribution is -0.120. The van der Waals surface area contributed by atoms with E-state index >= 15 is 0 Å². The van der Waals surface area contributed by atoms with E-state index in [2.05, 4.69) is 11.4 Å². The molecular formula is C19H15ClN2OS. The van der Waals surface area contributed by atoms with Gasteiger partial charge in [-0.05, 0) is 17.2 Å². The number of nitrogens with zero attached hydrogens (tertiary/aromatic N) is 1. The fraction of sp³-hybridized carbons (Fsp3) is 0.158. The third kappa shape index (κ3) is 3.64. The highest BCUT2D eigenvalue weighted by atomic mass is 35.5. The summed E-state index contributed by atoms with van der Waals surface area (Å²) in [5.74, 6) is 0.307. The molecule has 0 saturated heterocycles. The number of halogens is 1. The maximum atomic E-state index is 12.1. The molecule has 1 aliphatic rings. The zero-order chi connectivity index (χ0) is 16.9. The second-order valence-electron chi connectivity index (χ2n) is 5.46. The van der Waals surface area contributed by atoms with Crippen molar-refractivity contribution in [3.05, 3.63) is 81.3 Å². The van der Waals surface area contributed by atoms with Gasteiger partial charge in [0.05, 0.1) is 16.7 Å². The summed E-state index contributed by atoms with van der Waals surface area (Å²) >= 11 is 7.75. The zero-order valence-electron chi connectivity index (χ0n) is 12.8. The molecule has 1 unspecified atom stereocenters. The first-order chi connectivity index (χ1) is 11.7. The van der Waals surface area contributed by atoms with Crippen molar-refractivity contribution >= 4 is 29.3 Å². The van der Waals surface area contributed by atoms with Gasteiger partial charge >= 0.3 is 0 Å². The summed E-state index contributed by atoms with van der Waals surface area (Å²) in [6.45, 7) is 0. The molecule has 1 amide bonds. The molecule has 2 aromatic rings. The molecule has 1 atom stereocenters. The van der Waals surface area contributed by atoms with Gasteiger partial charge in [0.25, 0.3) is 0 Å². The van der Waals surface area contributed by atoms with Gasteiger partial charge < -0.3 is 5.32 Å². The third-order valence-corrected chi connectivity index (χ3v) is 5.30. The predicted molar refractivity (Wildman–Crippen MR) is 97.3 cm³/mol. The number of hydrogen-bond acceptors (Lipinski definition) is 3. The quantitative estimate of drug-likeness (QED) is 0.872. The lowest BCUT2D eigenvalue weighted by Crippen LogP contribution is -2.30. The van der Waals surface area contributed by atoms with Crippen LogP contribution < -0.4 is 5.32 Å².